The van der Waals surface area contributed by atoms with E-state index in [1.807, 2.05) is 18.2 Å². The van der Waals surface area contributed by atoms with Gasteiger partial charge in [-0.2, -0.15) is 0 Å². The molecule has 3 aromatic rings. The highest BCUT2D eigenvalue weighted by atomic mass is 35.5. The fourth-order valence-corrected chi connectivity index (χ4v) is 3.45. The lowest BCUT2D eigenvalue weighted by atomic mass is 10.2. The summed E-state index contributed by atoms with van der Waals surface area (Å²) in [7, 11) is 0. The molecule has 3 nitrogen and oxygen atoms in total. The first-order chi connectivity index (χ1) is 11.4. The minimum absolute atomic E-state index is 0.256. The first-order valence-electron chi connectivity index (χ1n) is 7.25. The normalized spacial score (nSPS) is 10.7. The summed E-state index contributed by atoms with van der Waals surface area (Å²) < 4.78 is 13.2. The van der Waals surface area contributed by atoms with E-state index in [9.17, 15) is 9.18 Å². The number of benzene rings is 2. The number of nitrogens with zero attached hydrogens (tertiary/aromatic N) is 1. The van der Waals surface area contributed by atoms with Gasteiger partial charge in [0.2, 0.25) is 0 Å². The van der Waals surface area contributed by atoms with Gasteiger partial charge < -0.3 is 5.32 Å². The first-order valence-corrected chi connectivity index (χ1v) is 8.44. The predicted octanol–water partition coefficient (Wildman–Crippen LogP) is 5.47. The molecular weight excluding hydrogens is 347 g/mol. The summed E-state index contributed by atoms with van der Waals surface area (Å²) in [5.41, 5.74) is 2.76. The van der Waals surface area contributed by atoms with Crippen LogP contribution in [-0.2, 0) is 0 Å². The van der Waals surface area contributed by atoms with Gasteiger partial charge in [0.05, 0.1) is 5.69 Å². The molecule has 0 saturated heterocycles. The SMILES string of the molecule is Cc1cc(F)ccc1NC(=O)c1sc(-c2cccc(Cl)c2)nc1C. The van der Waals surface area contributed by atoms with Crippen molar-refractivity contribution in [2.45, 2.75) is 13.8 Å². The second-order valence-corrected chi connectivity index (χ2v) is 6.79. The molecule has 0 aliphatic carbocycles. The van der Waals surface area contributed by atoms with Crippen molar-refractivity contribution < 1.29 is 9.18 Å². The van der Waals surface area contributed by atoms with E-state index in [-0.39, 0.29) is 11.7 Å². The number of aromatic nitrogens is 1. The first kappa shape index (κ1) is 16.6. The number of aryl methyl sites for hydroxylation is 2. The van der Waals surface area contributed by atoms with Crippen LogP contribution in [0.2, 0.25) is 5.02 Å². The molecule has 0 aliphatic rings. The van der Waals surface area contributed by atoms with Crippen LogP contribution in [0.3, 0.4) is 0 Å². The van der Waals surface area contributed by atoms with Crippen molar-refractivity contribution in [1.82, 2.24) is 4.98 Å². The number of carbonyl (C=O) groups is 1. The van der Waals surface area contributed by atoms with E-state index in [1.54, 1.807) is 26.0 Å². The molecule has 0 spiro atoms. The summed E-state index contributed by atoms with van der Waals surface area (Å²) in [4.78, 5) is 17.5. The number of amides is 1. The van der Waals surface area contributed by atoms with Crippen LogP contribution < -0.4 is 5.32 Å². The lowest BCUT2D eigenvalue weighted by molar-refractivity contribution is 0.102. The zero-order valence-corrected chi connectivity index (χ0v) is 14.6. The van der Waals surface area contributed by atoms with Crippen LogP contribution in [0.5, 0.6) is 0 Å². The highest BCUT2D eigenvalue weighted by Gasteiger charge is 2.17. The van der Waals surface area contributed by atoms with E-state index < -0.39 is 0 Å². The molecule has 2 aromatic carbocycles. The zero-order valence-electron chi connectivity index (χ0n) is 13.1. The van der Waals surface area contributed by atoms with Crippen LogP contribution in [0.15, 0.2) is 42.5 Å². The summed E-state index contributed by atoms with van der Waals surface area (Å²) in [5, 5.41) is 4.16. The van der Waals surface area contributed by atoms with Crippen molar-refractivity contribution in [2.24, 2.45) is 0 Å². The van der Waals surface area contributed by atoms with Crippen LogP contribution >= 0.6 is 22.9 Å². The van der Waals surface area contributed by atoms with Gasteiger partial charge in [-0.3, -0.25) is 4.79 Å². The van der Waals surface area contributed by atoms with E-state index in [4.69, 9.17) is 11.6 Å². The molecule has 0 aliphatic heterocycles. The van der Waals surface area contributed by atoms with Gasteiger partial charge >= 0.3 is 0 Å². The Bertz CT molecular complexity index is 923. The Balaban J connectivity index is 1.88. The summed E-state index contributed by atoms with van der Waals surface area (Å²) in [5.74, 6) is -0.587. The third-order valence-corrected chi connectivity index (χ3v) is 4.95. The average Bonchev–Trinajstić information content (AvgIpc) is 2.92. The largest absolute Gasteiger partial charge is 0.321 e. The Kier molecular flexibility index (Phi) is 4.64. The summed E-state index contributed by atoms with van der Waals surface area (Å²) in [6, 6.07) is 11.6. The van der Waals surface area contributed by atoms with Gasteiger partial charge in [-0.15, -0.1) is 11.3 Å². The molecule has 3 rings (SSSR count). The van der Waals surface area contributed by atoms with Gasteiger partial charge in [-0.1, -0.05) is 23.7 Å². The van der Waals surface area contributed by atoms with Crippen molar-refractivity contribution in [3.63, 3.8) is 0 Å². The van der Waals surface area contributed by atoms with E-state index in [2.05, 4.69) is 10.3 Å². The van der Waals surface area contributed by atoms with Crippen LogP contribution in [0.4, 0.5) is 10.1 Å². The van der Waals surface area contributed by atoms with Crippen LogP contribution in [0.25, 0.3) is 10.6 Å². The maximum absolute atomic E-state index is 13.2. The van der Waals surface area contributed by atoms with Gasteiger partial charge in [-0.05, 0) is 49.7 Å². The minimum atomic E-state index is -0.331. The molecule has 1 aromatic heterocycles. The molecule has 24 heavy (non-hydrogen) atoms. The van der Waals surface area contributed by atoms with Crippen molar-refractivity contribution in [1.29, 1.82) is 0 Å². The van der Waals surface area contributed by atoms with Gasteiger partial charge in [-0.25, -0.2) is 9.37 Å². The van der Waals surface area contributed by atoms with Crippen LogP contribution in [0.1, 0.15) is 20.9 Å². The molecule has 0 unspecified atom stereocenters. The zero-order chi connectivity index (χ0) is 17.3. The number of halogens is 2. The highest BCUT2D eigenvalue weighted by Crippen LogP contribution is 2.30. The maximum Gasteiger partial charge on any atom is 0.267 e. The topological polar surface area (TPSA) is 42.0 Å². The maximum atomic E-state index is 13.2. The number of nitrogens with one attached hydrogen (secondary N) is 1. The Hall–Kier alpha value is -2.24. The smallest absolute Gasteiger partial charge is 0.267 e. The van der Waals surface area contributed by atoms with E-state index in [0.29, 0.717) is 26.8 Å². The average molecular weight is 361 g/mol. The second kappa shape index (κ2) is 6.71. The molecule has 1 amide bonds. The Morgan fingerprint density at radius 3 is 2.71 bits per heavy atom. The van der Waals surface area contributed by atoms with Gasteiger partial charge in [0.25, 0.3) is 5.91 Å². The lowest BCUT2D eigenvalue weighted by Crippen LogP contribution is -2.12. The van der Waals surface area contributed by atoms with Crippen molar-refractivity contribution in [3.8, 4) is 10.6 Å². The highest BCUT2D eigenvalue weighted by molar-refractivity contribution is 7.17. The molecule has 122 valence electrons. The number of rotatable bonds is 3. The van der Waals surface area contributed by atoms with Gasteiger partial charge in [0, 0.05) is 16.3 Å². The second-order valence-electron chi connectivity index (χ2n) is 5.36. The number of hydrogen-bond acceptors (Lipinski definition) is 3. The number of anilines is 1. The Labute approximate surface area is 148 Å². The third kappa shape index (κ3) is 3.47. The predicted molar refractivity (Wildman–Crippen MR) is 96.4 cm³/mol. The van der Waals surface area contributed by atoms with Crippen molar-refractivity contribution in [3.05, 3.63) is 69.4 Å². The Morgan fingerprint density at radius 1 is 1.21 bits per heavy atom. The number of hydrogen-bond donors (Lipinski definition) is 1. The van der Waals surface area contributed by atoms with E-state index in [0.717, 1.165) is 10.6 Å². The fourth-order valence-electron chi connectivity index (χ4n) is 2.30. The van der Waals surface area contributed by atoms with E-state index >= 15 is 0 Å². The van der Waals surface area contributed by atoms with Crippen molar-refractivity contribution in [2.75, 3.05) is 5.32 Å². The summed E-state index contributed by atoms with van der Waals surface area (Å²) in [6.07, 6.45) is 0. The Morgan fingerprint density at radius 2 is 2.00 bits per heavy atom. The monoisotopic (exact) mass is 360 g/mol. The lowest BCUT2D eigenvalue weighted by Gasteiger charge is -2.07. The molecule has 0 saturated carbocycles. The van der Waals surface area contributed by atoms with Crippen molar-refractivity contribution >= 4 is 34.5 Å². The van der Waals surface area contributed by atoms with Crippen LogP contribution in [0, 0.1) is 19.7 Å². The minimum Gasteiger partial charge on any atom is -0.321 e. The molecular formula is C18H14ClFN2OS. The summed E-state index contributed by atoms with van der Waals surface area (Å²) in [6.45, 7) is 3.53. The van der Waals surface area contributed by atoms with Gasteiger partial charge in [0.15, 0.2) is 0 Å². The molecule has 0 radical (unpaired) electrons. The molecule has 1 N–H and O–H groups in total. The summed E-state index contributed by atoms with van der Waals surface area (Å²) >= 11 is 7.31. The van der Waals surface area contributed by atoms with E-state index in [1.165, 1.54) is 23.5 Å². The fraction of sp³-hybridized carbons (Fsp3) is 0.111. The molecule has 6 heteroatoms. The standard InChI is InChI=1S/C18H14ClFN2OS/c1-10-8-14(20)6-7-15(10)22-17(23)16-11(2)21-18(24-16)12-4-3-5-13(19)9-12/h3-9H,1-2H3,(H,22,23). The molecule has 0 bridgehead atoms. The third-order valence-electron chi connectivity index (χ3n) is 3.51. The molecule has 0 atom stereocenters. The number of carbonyl (C=O) groups excluding carboxylic acids is 1. The molecule has 0 fully saturated rings. The number of thiazole rings is 1. The van der Waals surface area contributed by atoms with Gasteiger partial charge in [0.1, 0.15) is 15.7 Å². The van der Waals surface area contributed by atoms with Crippen LogP contribution in [-0.4, -0.2) is 10.9 Å². The molecule has 1 heterocycles. The quantitative estimate of drug-likeness (QED) is 0.672.